The Morgan fingerprint density at radius 2 is 0.734 bits per heavy atom. The first kappa shape index (κ1) is 80.7. The normalized spacial score (nSPS) is 20.5. The van der Waals surface area contributed by atoms with Crippen molar-refractivity contribution in [1.29, 1.82) is 0 Å². The standard InChI is InChI=1S/C25H22ClN5O3.2C23H20N6O4.C18H15N3O3/c26-20-8-5-17-12-30(22(32)21(17)9-20)14-25(23(33)28-24(34)29-25)19-6-3-16(4-7-19)18-10-27-31(13-18)11-15-1-2-15;2*1-33-16-7-4-14-11-29(20(30)17(14)8-16)12-23(21(31)27-22(32)28-23)15-5-2-13(3-6-15)18-9-26-19(24)10-25-18;22-15-14-9-5-4-6-12(14)10-21(15)11-18(13-7-2-1-3-8-13)16(23)19-17(24)20-18/h3-10,13,15H,1-2,11-12,14H2,(H2,28,29,33,34);2*2-10H,11-12H2,1H3,(H2,24,26)(H2,27,28,31,32);1-9H,10-11H2,(H2,19,20,23,24)/t25-;2*23-;18-/m0000/s1. The zero-order valence-corrected chi connectivity index (χ0v) is 67.1. The minimum Gasteiger partial charge on any atom is -0.497 e. The number of nitrogen functional groups attached to an aromatic ring is 2. The van der Waals surface area contributed by atoms with Crippen LogP contribution in [0.25, 0.3) is 33.6 Å². The van der Waals surface area contributed by atoms with Crippen molar-refractivity contribution in [2.45, 2.75) is 67.7 Å². The number of rotatable bonds is 19. The molecule has 8 aliphatic heterocycles. The SMILES string of the molecule is COc1ccc2c(c1)C(=O)N(C[C@@]1(c3ccc(-c4cnc(N)cn4)cc3)NC(=O)NC1=O)C2.COc1ccc2c(c1)C(=O)N(C[C@@]1(c3ccc(-c4cnc(N)cn4)cc3)NC(=O)NC1=O)C2.O=C1NC(=O)[C@](CN2Cc3ccc(Cl)cc3C2=O)(c2ccc(-c3cnn(CC4CC4)c3)cc2)N1.O=C1NC(=O)[C@](CN2Cc3ccccc3C2=O)(c2ccccc2)N1. The summed E-state index contributed by atoms with van der Waals surface area (Å²) >= 11 is 6.07. The molecular formula is C89H77ClN20O14. The van der Waals surface area contributed by atoms with E-state index in [0.29, 0.717) is 110 Å². The molecule has 9 aliphatic rings. The highest BCUT2D eigenvalue weighted by molar-refractivity contribution is 6.31. The number of nitrogens with two attached hydrogens (primary N) is 2. The maximum atomic E-state index is 13.1. The van der Waals surface area contributed by atoms with Crippen molar-refractivity contribution >= 4 is 94.6 Å². The Hall–Kier alpha value is -15.7. The third-order valence-corrected chi connectivity index (χ3v) is 23.4. The number of fused-ring (bicyclic) bond motifs is 4. The predicted octanol–water partition coefficient (Wildman–Crippen LogP) is 7.53. The molecule has 12 N–H and O–H groups in total. The minimum absolute atomic E-state index is 0.00831. The van der Waals surface area contributed by atoms with Gasteiger partial charge in [0, 0.05) is 82.9 Å². The van der Waals surface area contributed by atoms with E-state index in [9.17, 15) is 57.5 Å². The van der Waals surface area contributed by atoms with E-state index in [1.165, 1.54) is 39.5 Å². The molecule has 0 bridgehead atoms. The van der Waals surface area contributed by atoms with Crippen LogP contribution < -0.4 is 63.5 Å². The number of imide groups is 4. The van der Waals surface area contributed by atoms with Crippen LogP contribution in [0.2, 0.25) is 5.02 Å². The van der Waals surface area contributed by atoms with Crippen LogP contribution >= 0.6 is 11.6 Å². The third-order valence-electron chi connectivity index (χ3n) is 23.2. The van der Waals surface area contributed by atoms with Crippen molar-refractivity contribution < 1.29 is 67.0 Å². The summed E-state index contributed by atoms with van der Waals surface area (Å²) in [5.41, 5.74) is 18.4. The summed E-state index contributed by atoms with van der Waals surface area (Å²) in [6.45, 7) is 2.38. The van der Waals surface area contributed by atoms with E-state index in [2.05, 4.69) is 67.6 Å². The number of carbonyl (C=O) groups is 12. The van der Waals surface area contributed by atoms with Crippen LogP contribution in [0, 0.1) is 5.92 Å². The molecule has 35 heteroatoms. The Balaban J connectivity index is 0.000000118. The van der Waals surface area contributed by atoms with E-state index in [1.54, 1.807) is 147 Å². The fourth-order valence-electron chi connectivity index (χ4n) is 16.5. The molecule has 20 rings (SSSR count). The van der Waals surface area contributed by atoms with Gasteiger partial charge in [0.05, 0.1) is 82.8 Å². The van der Waals surface area contributed by atoms with Gasteiger partial charge in [-0.25, -0.2) is 29.1 Å². The lowest BCUT2D eigenvalue weighted by molar-refractivity contribution is -0.125. The van der Waals surface area contributed by atoms with Crippen molar-refractivity contribution in [1.82, 2.24) is 91.9 Å². The Kier molecular flexibility index (Phi) is 21.1. The van der Waals surface area contributed by atoms with E-state index in [1.807, 2.05) is 83.8 Å². The van der Waals surface area contributed by atoms with Gasteiger partial charge in [0.1, 0.15) is 23.1 Å². The lowest BCUT2D eigenvalue weighted by atomic mass is 9.88. The van der Waals surface area contributed by atoms with Crippen molar-refractivity contribution in [2.75, 3.05) is 51.9 Å². The number of ether oxygens (including phenoxy) is 2. The molecular weight excluding hydrogens is 1610 g/mol. The van der Waals surface area contributed by atoms with Gasteiger partial charge in [0.15, 0.2) is 22.2 Å². The highest BCUT2D eigenvalue weighted by Gasteiger charge is 2.55. The number of halogens is 1. The van der Waals surface area contributed by atoms with Gasteiger partial charge in [0.25, 0.3) is 47.3 Å². The highest BCUT2D eigenvalue weighted by atomic mass is 35.5. The number of nitrogens with one attached hydrogen (secondary N) is 8. The van der Waals surface area contributed by atoms with Crippen LogP contribution in [-0.4, -0.2) is 161 Å². The van der Waals surface area contributed by atoms with Crippen molar-refractivity contribution in [2.24, 2.45) is 5.92 Å². The number of amides is 16. The number of urea groups is 4. The molecule has 8 aromatic carbocycles. The molecule has 11 heterocycles. The van der Waals surface area contributed by atoms with Gasteiger partial charge in [-0.3, -0.25) is 74.3 Å². The van der Waals surface area contributed by atoms with Crippen molar-refractivity contribution in [3.8, 4) is 45.1 Å². The molecule has 0 spiro atoms. The van der Waals surface area contributed by atoms with Gasteiger partial charge in [0.2, 0.25) is 0 Å². The lowest BCUT2D eigenvalue weighted by Gasteiger charge is -2.31. The Morgan fingerprint density at radius 1 is 0.379 bits per heavy atom. The van der Waals surface area contributed by atoms with Gasteiger partial charge in [-0.1, -0.05) is 151 Å². The quantitative estimate of drug-likeness (QED) is 0.0349. The molecule has 0 unspecified atom stereocenters. The Bertz CT molecular complexity index is 6020. The monoisotopic (exact) mass is 1680 g/mol. The second-order valence-corrected chi connectivity index (χ2v) is 31.5. The second-order valence-electron chi connectivity index (χ2n) is 31.0. The summed E-state index contributed by atoms with van der Waals surface area (Å²) in [7, 11) is 3.07. The number of aromatic nitrogens is 6. The summed E-state index contributed by atoms with van der Waals surface area (Å²) in [5, 5.41) is 25.1. The molecule has 0 radical (unpaired) electrons. The summed E-state index contributed by atoms with van der Waals surface area (Å²) in [6.07, 6.45) is 12.4. The van der Waals surface area contributed by atoms with Crippen LogP contribution in [0.15, 0.2) is 219 Å². The summed E-state index contributed by atoms with van der Waals surface area (Å²) in [6, 6.07) is 51.3. The number of benzene rings is 8. The van der Waals surface area contributed by atoms with E-state index in [4.69, 9.17) is 32.5 Å². The maximum absolute atomic E-state index is 13.1. The van der Waals surface area contributed by atoms with E-state index < -0.39 is 69.9 Å². The van der Waals surface area contributed by atoms with Crippen LogP contribution in [0.3, 0.4) is 0 Å². The fraction of sp³-hybridized carbons (Fsp3) is 0.202. The van der Waals surface area contributed by atoms with Crippen LogP contribution in [-0.2, 0) is 74.1 Å². The molecule has 124 heavy (non-hydrogen) atoms. The average Bonchev–Trinajstić information content (AvgIpc) is 1.65. The number of hydrogen-bond donors (Lipinski definition) is 10. The number of methoxy groups -OCH3 is 2. The fourth-order valence-corrected chi connectivity index (χ4v) is 16.7. The largest absolute Gasteiger partial charge is 0.497 e. The summed E-state index contributed by atoms with van der Waals surface area (Å²) in [5.74, 6) is -0.261. The van der Waals surface area contributed by atoms with Crippen molar-refractivity contribution in [3.63, 3.8) is 0 Å². The summed E-state index contributed by atoms with van der Waals surface area (Å²) in [4.78, 5) is 174. The first-order valence-corrected chi connectivity index (χ1v) is 39.7. The molecule has 16 amide bonds. The number of carbonyl (C=O) groups excluding carboxylic acids is 12. The first-order chi connectivity index (χ1) is 59.8. The van der Waals surface area contributed by atoms with Gasteiger partial charge < -0.3 is 61.8 Å². The second kappa shape index (κ2) is 32.4. The molecule has 11 aromatic rings. The molecule has 624 valence electrons. The zero-order valence-electron chi connectivity index (χ0n) is 66.4. The van der Waals surface area contributed by atoms with Gasteiger partial charge in [-0.15, -0.1) is 0 Å². The molecule has 3 aromatic heterocycles. The average molecular weight is 1690 g/mol. The highest BCUT2D eigenvalue weighted by Crippen LogP contribution is 2.40. The Morgan fingerprint density at radius 3 is 1.10 bits per heavy atom. The molecule has 4 saturated heterocycles. The van der Waals surface area contributed by atoms with Crippen LogP contribution in [0.1, 0.15) is 98.8 Å². The molecule has 34 nitrogen and oxygen atoms in total. The number of hydrogen-bond acceptors (Lipinski definition) is 21. The van der Waals surface area contributed by atoms with Gasteiger partial charge in [-0.05, 0) is 111 Å². The minimum atomic E-state index is -1.43. The predicted molar refractivity (Wildman–Crippen MR) is 447 cm³/mol. The maximum Gasteiger partial charge on any atom is 0.322 e. The molecule has 1 saturated carbocycles. The van der Waals surface area contributed by atoms with Gasteiger partial charge >= 0.3 is 24.1 Å². The zero-order chi connectivity index (χ0) is 86.5. The Labute approximate surface area is 711 Å². The topological polar surface area (TPSA) is 454 Å². The number of nitrogens with zero attached hydrogens (tertiary/aromatic N) is 10. The number of anilines is 2. The smallest absolute Gasteiger partial charge is 0.322 e. The lowest BCUT2D eigenvalue weighted by Crippen LogP contribution is -2.52. The van der Waals surface area contributed by atoms with Crippen LogP contribution in [0.4, 0.5) is 30.8 Å². The third kappa shape index (κ3) is 15.4. The van der Waals surface area contributed by atoms with Crippen molar-refractivity contribution in [3.05, 3.63) is 291 Å². The summed E-state index contributed by atoms with van der Waals surface area (Å²) < 4.78 is 12.4. The molecule has 1 aliphatic carbocycles. The van der Waals surface area contributed by atoms with E-state index >= 15 is 0 Å². The van der Waals surface area contributed by atoms with E-state index in [0.717, 1.165) is 57.0 Å². The molecule has 4 atom stereocenters. The molecule has 5 fully saturated rings. The first-order valence-electron chi connectivity index (χ1n) is 39.3. The van der Waals surface area contributed by atoms with E-state index in [-0.39, 0.29) is 49.8 Å². The van der Waals surface area contributed by atoms with Crippen LogP contribution in [0.5, 0.6) is 11.5 Å². The van der Waals surface area contributed by atoms with Gasteiger partial charge in [-0.2, -0.15) is 5.10 Å².